The van der Waals surface area contributed by atoms with Crippen LogP contribution in [0.2, 0.25) is 0 Å². The predicted molar refractivity (Wildman–Crippen MR) is 104 cm³/mol. The summed E-state index contributed by atoms with van der Waals surface area (Å²) < 4.78 is 0. The molecule has 0 bridgehead atoms. The van der Waals surface area contributed by atoms with E-state index in [1.807, 2.05) is 68.4 Å². The number of thioether (sulfide) groups is 1. The topological polar surface area (TPSA) is 53.8 Å². The van der Waals surface area contributed by atoms with Gasteiger partial charge in [0.2, 0.25) is 4.87 Å². The highest BCUT2D eigenvalue weighted by Gasteiger charge is 2.52. The fourth-order valence-corrected chi connectivity index (χ4v) is 4.19. The van der Waals surface area contributed by atoms with Gasteiger partial charge in [-0.2, -0.15) is 10.2 Å². The van der Waals surface area contributed by atoms with Crippen LogP contribution in [-0.4, -0.2) is 22.2 Å². The number of carbonyl (C=O) groups excluding carboxylic acids is 1. The molecule has 25 heavy (non-hydrogen) atoms. The molecular formula is C19H20ClN3OS. The molecule has 0 radical (unpaired) electrons. The first-order valence-corrected chi connectivity index (χ1v) is 9.55. The molecule has 4 nitrogen and oxygen atoms in total. The molecule has 0 spiro atoms. The van der Waals surface area contributed by atoms with Gasteiger partial charge in [-0.15, -0.1) is 23.4 Å². The van der Waals surface area contributed by atoms with E-state index in [0.29, 0.717) is 5.75 Å². The molecule has 1 amide bonds. The number of hydrogen-bond donors (Lipinski definition) is 1. The van der Waals surface area contributed by atoms with Gasteiger partial charge in [0.15, 0.2) is 0 Å². The number of alkyl halides is 1. The van der Waals surface area contributed by atoms with E-state index in [2.05, 4.69) is 15.5 Å². The van der Waals surface area contributed by atoms with Gasteiger partial charge in [-0.1, -0.05) is 48.0 Å². The lowest BCUT2D eigenvalue weighted by molar-refractivity contribution is -0.118. The van der Waals surface area contributed by atoms with Crippen LogP contribution in [0.3, 0.4) is 0 Å². The first kappa shape index (κ1) is 18.0. The number of azo groups is 1. The maximum absolute atomic E-state index is 13.0. The van der Waals surface area contributed by atoms with Crippen LogP contribution in [-0.2, 0) is 10.5 Å². The van der Waals surface area contributed by atoms with Crippen molar-refractivity contribution in [2.45, 2.75) is 35.9 Å². The largest absolute Gasteiger partial charge is 0.323 e. The molecule has 0 aliphatic carbocycles. The van der Waals surface area contributed by atoms with Crippen molar-refractivity contribution < 1.29 is 4.79 Å². The second-order valence-corrected chi connectivity index (χ2v) is 7.82. The van der Waals surface area contributed by atoms with E-state index in [1.165, 1.54) is 11.8 Å². The second kappa shape index (κ2) is 7.58. The van der Waals surface area contributed by atoms with E-state index in [0.717, 1.165) is 16.8 Å². The molecule has 1 aliphatic heterocycles. The van der Waals surface area contributed by atoms with E-state index < -0.39 is 10.2 Å². The molecule has 2 aromatic rings. The minimum Gasteiger partial charge on any atom is -0.323 e. The van der Waals surface area contributed by atoms with Gasteiger partial charge in [0.05, 0.1) is 6.04 Å². The van der Waals surface area contributed by atoms with Gasteiger partial charge >= 0.3 is 0 Å². The zero-order chi connectivity index (χ0) is 17.9. The molecule has 1 aliphatic rings. The summed E-state index contributed by atoms with van der Waals surface area (Å²) in [5, 5.41) is 10.9. The summed E-state index contributed by atoms with van der Waals surface area (Å²) in [6, 6.07) is 17.4. The maximum atomic E-state index is 13.0. The summed E-state index contributed by atoms with van der Waals surface area (Å²) in [7, 11) is 0. The minimum atomic E-state index is -1.12. The van der Waals surface area contributed by atoms with Crippen molar-refractivity contribution in [2.24, 2.45) is 10.2 Å². The Morgan fingerprint density at radius 3 is 2.48 bits per heavy atom. The third-order valence-electron chi connectivity index (χ3n) is 4.12. The van der Waals surface area contributed by atoms with Gasteiger partial charge in [-0.05, 0) is 31.5 Å². The number of rotatable bonds is 5. The Labute approximate surface area is 157 Å². The number of benzene rings is 2. The summed E-state index contributed by atoms with van der Waals surface area (Å²) in [4.78, 5) is 11.9. The number of anilines is 1. The van der Waals surface area contributed by atoms with E-state index in [1.54, 1.807) is 0 Å². The summed E-state index contributed by atoms with van der Waals surface area (Å²) in [5.41, 5.74) is 2.98. The molecule has 0 unspecified atom stereocenters. The first-order valence-electron chi connectivity index (χ1n) is 8.13. The van der Waals surface area contributed by atoms with E-state index in [9.17, 15) is 4.79 Å². The molecule has 3 rings (SSSR count). The van der Waals surface area contributed by atoms with Crippen molar-refractivity contribution in [1.29, 1.82) is 0 Å². The van der Waals surface area contributed by atoms with Crippen molar-refractivity contribution in [3.63, 3.8) is 0 Å². The van der Waals surface area contributed by atoms with Crippen molar-refractivity contribution in [2.75, 3.05) is 5.32 Å². The summed E-state index contributed by atoms with van der Waals surface area (Å²) in [5.74, 6) is 0.405. The number of amides is 1. The lowest BCUT2D eigenvalue weighted by Gasteiger charge is -2.27. The van der Waals surface area contributed by atoms with Crippen LogP contribution in [0.4, 0.5) is 5.69 Å². The van der Waals surface area contributed by atoms with Gasteiger partial charge in [-0.25, -0.2) is 0 Å². The van der Waals surface area contributed by atoms with Crippen molar-refractivity contribution >= 4 is 35.0 Å². The Morgan fingerprint density at radius 1 is 1.20 bits per heavy atom. The fourth-order valence-electron chi connectivity index (χ4n) is 2.59. The van der Waals surface area contributed by atoms with Crippen molar-refractivity contribution in [3.05, 3.63) is 65.7 Å². The quantitative estimate of drug-likeness (QED) is 0.747. The highest BCUT2D eigenvalue weighted by Crippen LogP contribution is 2.43. The van der Waals surface area contributed by atoms with Crippen LogP contribution < -0.4 is 5.32 Å². The molecule has 0 aromatic heterocycles. The number of carbonyl (C=O) groups is 1. The van der Waals surface area contributed by atoms with Crippen molar-refractivity contribution in [1.82, 2.24) is 0 Å². The van der Waals surface area contributed by atoms with Crippen molar-refractivity contribution in [3.8, 4) is 0 Å². The molecule has 0 saturated heterocycles. The number of halogens is 1. The monoisotopic (exact) mass is 373 g/mol. The van der Waals surface area contributed by atoms with E-state index in [4.69, 9.17) is 11.6 Å². The molecule has 0 fully saturated rings. The predicted octanol–water partition coefficient (Wildman–Crippen LogP) is 5.02. The van der Waals surface area contributed by atoms with Crippen LogP contribution in [0.25, 0.3) is 0 Å². The Kier molecular flexibility index (Phi) is 5.45. The van der Waals surface area contributed by atoms with Gasteiger partial charge < -0.3 is 5.32 Å². The average Bonchev–Trinajstić information content (AvgIpc) is 2.92. The number of hydrogen-bond acceptors (Lipinski definition) is 4. The van der Waals surface area contributed by atoms with Crippen LogP contribution in [0.15, 0.2) is 64.8 Å². The van der Waals surface area contributed by atoms with Crippen LogP contribution in [0.1, 0.15) is 18.1 Å². The maximum Gasteiger partial charge on any atom is 0.266 e. The molecule has 130 valence electrons. The highest BCUT2D eigenvalue weighted by atomic mass is 35.5. The Bertz CT molecular complexity index is 766. The standard InChI is InChI=1S/C19H20ClN3OS/c1-13-8-10-16(11-9-13)21-18(24)19(17(20)14(2)22-23-19)25-12-15-6-4-3-5-7-15/h3-11,14,17H,12H2,1-2H3,(H,21,24)/t14-,17-,19+/m0/s1. The molecule has 0 saturated carbocycles. The molecule has 3 atom stereocenters. The van der Waals surface area contributed by atoms with Gasteiger partial charge in [0.25, 0.3) is 5.91 Å². The summed E-state index contributed by atoms with van der Waals surface area (Å²) in [6.07, 6.45) is 0. The fraction of sp³-hybridized carbons (Fsp3) is 0.316. The molecule has 2 aromatic carbocycles. The number of nitrogens with one attached hydrogen (secondary N) is 1. The SMILES string of the molecule is Cc1ccc(NC(=O)[C@@]2(SCc3ccccc3)N=N[C@@H](C)[C@@H]2Cl)cc1. The Balaban J connectivity index is 1.80. The lowest BCUT2D eigenvalue weighted by Crippen LogP contribution is -2.46. The molecule has 1 heterocycles. The third kappa shape index (κ3) is 3.88. The first-order chi connectivity index (χ1) is 12.0. The van der Waals surface area contributed by atoms with Crippen LogP contribution in [0, 0.1) is 6.92 Å². The minimum absolute atomic E-state index is 0.200. The summed E-state index contributed by atoms with van der Waals surface area (Å²) in [6.45, 7) is 3.88. The van der Waals surface area contributed by atoms with Crippen LogP contribution >= 0.6 is 23.4 Å². The highest BCUT2D eigenvalue weighted by molar-refractivity contribution is 8.00. The van der Waals surface area contributed by atoms with Gasteiger partial charge in [-0.3, -0.25) is 4.79 Å². The zero-order valence-corrected chi connectivity index (χ0v) is 15.7. The number of nitrogens with zero attached hydrogens (tertiary/aromatic N) is 2. The summed E-state index contributed by atoms with van der Waals surface area (Å²) >= 11 is 7.99. The smallest absolute Gasteiger partial charge is 0.266 e. The van der Waals surface area contributed by atoms with Gasteiger partial charge in [0, 0.05) is 11.4 Å². The van der Waals surface area contributed by atoms with Gasteiger partial charge in [0.1, 0.15) is 5.38 Å². The van der Waals surface area contributed by atoms with E-state index in [-0.39, 0.29) is 11.9 Å². The average molecular weight is 374 g/mol. The zero-order valence-electron chi connectivity index (χ0n) is 14.1. The lowest BCUT2D eigenvalue weighted by atomic mass is 10.1. The van der Waals surface area contributed by atoms with E-state index >= 15 is 0 Å². The molecular weight excluding hydrogens is 354 g/mol. The Morgan fingerprint density at radius 2 is 1.88 bits per heavy atom. The second-order valence-electron chi connectivity index (χ2n) is 6.15. The Hall–Kier alpha value is -1.85. The molecule has 6 heteroatoms. The third-order valence-corrected chi connectivity index (χ3v) is 6.37. The number of aryl methyl sites for hydroxylation is 1. The molecule has 1 N–H and O–H groups in total. The van der Waals surface area contributed by atoms with Crippen LogP contribution in [0.5, 0.6) is 0 Å². The normalized spacial score (nSPS) is 25.1.